The van der Waals surface area contributed by atoms with Gasteiger partial charge in [-0.1, -0.05) is 23.4 Å². The standard InChI is InChI=1S/C16H19N5O2/c1-12(22)20-9-8-16(2,11-20)15(23)17-14-10-21(19-18-14)13-6-4-3-5-7-13/h3-7,10H,8-9,11H2,1-2H3,(H,17,23). The molecule has 0 saturated carbocycles. The molecule has 23 heavy (non-hydrogen) atoms. The topological polar surface area (TPSA) is 80.1 Å². The smallest absolute Gasteiger partial charge is 0.233 e. The maximum Gasteiger partial charge on any atom is 0.233 e. The van der Waals surface area contributed by atoms with Crippen LogP contribution in [0, 0.1) is 5.41 Å². The molecule has 1 aliphatic rings. The zero-order valence-electron chi connectivity index (χ0n) is 13.2. The van der Waals surface area contributed by atoms with Gasteiger partial charge in [-0.15, -0.1) is 5.10 Å². The van der Waals surface area contributed by atoms with Gasteiger partial charge in [0.1, 0.15) is 0 Å². The highest BCUT2D eigenvalue weighted by molar-refractivity contribution is 5.95. The number of aromatic nitrogens is 3. The van der Waals surface area contributed by atoms with Crippen molar-refractivity contribution in [3.8, 4) is 5.69 Å². The first-order valence-electron chi connectivity index (χ1n) is 7.53. The Bertz CT molecular complexity index is 727. The van der Waals surface area contributed by atoms with Crippen LogP contribution in [0.5, 0.6) is 0 Å². The Morgan fingerprint density at radius 3 is 2.65 bits per heavy atom. The molecule has 1 N–H and O–H groups in total. The molecule has 1 fully saturated rings. The van der Waals surface area contributed by atoms with Crippen molar-refractivity contribution in [2.45, 2.75) is 20.3 Å². The zero-order valence-corrected chi connectivity index (χ0v) is 13.2. The van der Waals surface area contributed by atoms with E-state index in [1.165, 1.54) is 6.92 Å². The molecule has 1 aliphatic heterocycles. The summed E-state index contributed by atoms with van der Waals surface area (Å²) in [7, 11) is 0. The summed E-state index contributed by atoms with van der Waals surface area (Å²) in [5.74, 6) is 0.263. The van der Waals surface area contributed by atoms with Crippen molar-refractivity contribution in [3.63, 3.8) is 0 Å². The molecular formula is C16H19N5O2. The van der Waals surface area contributed by atoms with Gasteiger partial charge in [0.05, 0.1) is 17.3 Å². The Morgan fingerprint density at radius 1 is 1.26 bits per heavy atom. The summed E-state index contributed by atoms with van der Waals surface area (Å²) in [6, 6.07) is 9.55. The highest BCUT2D eigenvalue weighted by atomic mass is 16.2. The summed E-state index contributed by atoms with van der Waals surface area (Å²) in [4.78, 5) is 25.7. The number of rotatable bonds is 3. The van der Waals surface area contributed by atoms with Gasteiger partial charge < -0.3 is 10.2 Å². The quantitative estimate of drug-likeness (QED) is 0.930. The van der Waals surface area contributed by atoms with Crippen molar-refractivity contribution >= 4 is 17.6 Å². The van der Waals surface area contributed by atoms with Gasteiger partial charge in [0, 0.05) is 20.0 Å². The van der Waals surface area contributed by atoms with Crippen LogP contribution in [0.2, 0.25) is 0 Å². The van der Waals surface area contributed by atoms with E-state index in [9.17, 15) is 9.59 Å². The highest BCUT2D eigenvalue weighted by Crippen LogP contribution is 2.31. The lowest BCUT2D eigenvalue weighted by Crippen LogP contribution is -2.37. The molecule has 2 aromatic rings. The Labute approximate surface area is 134 Å². The van der Waals surface area contributed by atoms with E-state index in [2.05, 4.69) is 15.6 Å². The first-order chi connectivity index (χ1) is 11.0. The minimum absolute atomic E-state index is 0.00320. The fraction of sp³-hybridized carbons (Fsp3) is 0.375. The molecule has 1 saturated heterocycles. The predicted molar refractivity (Wildman–Crippen MR) is 85.0 cm³/mol. The summed E-state index contributed by atoms with van der Waals surface area (Å²) in [6.45, 7) is 4.43. The summed E-state index contributed by atoms with van der Waals surface area (Å²) in [5.41, 5.74) is 0.276. The lowest BCUT2D eigenvalue weighted by Gasteiger charge is -2.22. The number of nitrogens with zero attached hydrogens (tertiary/aromatic N) is 4. The summed E-state index contributed by atoms with van der Waals surface area (Å²) in [5, 5.41) is 10.8. The van der Waals surface area contributed by atoms with E-state index < -0.39 is 5.41 Å². The molecule has 1 aromatic heterocycles. The summed E-state index contributed by atoms with van der Waals surface area (Å²) >= 11 is 0. The molecule has 120 valence electrons. The third-order valence-corrected chi connectivity index (χ3v) is 4.22. The number of likely N-dealkylation sites (tertiary alicyclic amines) is 1. The van der Waals surface area contributed by atoms with Crippen LogP contribution >= 0.6 is 0 Å². The fourth-order valence-corrected chi connectivity index (χ4v) is 2.71. The lowest BCUT2D eigenvalue weighted by atomic mass is 9.89. The van der Waals surface area contributed by atoms with Crippen molar-refractivity contribution < 1.29 is 9.59 Å². The molecule has 3 rings (SSSR count). The van der Waals surface area contributed by atoms with Gasteiger partial charge in [0.25, 0.3) is 0 Å². The monoisotopic (exact) mass is 313 g/mol. The third kappa shape index (κ3) is 3.08. The molecule has 0 aliphatic carbocycles. The van der Waals surface area contributed by atoms with E-state index in [1.54, 1.807) is 15.8 Å². The molecular weight excluding hydrogens is 294 g/mol. The van der Waals surface area contributed by atoms with E-state index in [-0.39, 0.29) is 11.8 Å². The molecule has 7 nitrogen and oxygen atoms in total. The van der Waals surface area contributed by atoms with Gasteiger partial charge in [-0.05, 0) is 25.5 Å². The van der Waals surface area contributed by atoms with Gasteiger partial charge in [-0.3, -0.25) is 9.59 Å². The number of para-hydroxylation sites is 1. The molecule has 0 spiro atoms. The van der Waals surface area contributed by atoms with Crippen LogP contribution in [0.4, 0.5) is 5.82 Å². The number of amides is 2. The lowest BCUT2D eigenvalue weighted by molar-refractivity contribution is -0.129. The van der Waals surface area contributed by atoms with E-state index in [4.69, 9.17) is 0 Å². The van der Waals surface area contributed by atoms with E-state index >= 15 is 0 Å². The predicted octanol–water partition coefficient (Wildman–Crippen LogP) is 1.46. The number of benzene rings is 1. The number of carbonyl (C=O) groups is 2. The normalized spacial score (nSPS) is 20.5. The van der Waals surface area contributed by atoms with Crippen LogP contribution in [0.3, 0.4) is 0 Å². The second-order valence-corrected chi connectivity index (χ2v) is 6.09. The third-order valence-electron chi connectivity index (χ3n) is 4.22. The minimum atomic E-state index is -0.595. The van der Waals surface area contributed by atoms with Crippen LogP contribution < -0.4 is 5.32 Å². The van der Waals surface area contributed by atoms with Crippen molar-refractivity contribution in [1.82, 2.24) is 19.9 Å². The Hall–Kier alpha value is -2.70. The molecule has 1 atom stereocenters. The fourth-order valence-electron chi connectivity index (χ4n) is 2.71. The average molecular weight is 313 g/mol. The maximum atomic E-state index is 12.5. The largest absolute Gasteiger partial charge is 0.342 e. The van der Waals surface area contributed by atoms with Crippen LogP contribution in [0.15, 0.2) is 36.5 Å². The number of carbonyl (C=O) groups excluding carboxylic acids is 2. The van der Waals surface area contributed by atoms with E-state index in [0.717, 1.165) is 5.69 Å². The molecule has 0 bridgehead atoms. The van der Waals surface area contributed by atoms with Gasteiger partial charge in [0.15, 0.2) is 5.82 Å². The highest BCUT2D eigenvalue weighted by Gasteiger charge is 2.41. The van der Waals surface area contributed by atoms with Crippen molar-refractivity contribution in [3.05, 3.63) is 36.5 Å². The van der Waals surface area contributed by atoms with Gasteiger partial charge in [-0.25, -0.2) is 4.68 Å². The van der Waals surface area contributed by atoms with Gasteiger partial charge in [0.2, 0.25) is 11.8 Å². The molecule has 1 aromatic carbocycles. The first kappa shape index (κ1) is 15.2. The minimum Gasteiger partial charge on any atom is -0.342 e. The Balaban J connectivity index is 1.69. The van der Waals surface area contributed by atoms with Crippen LogP contribution in [-0.2, 0) is 9.59 Å². The van der Waals surface area contributed by atoms with E-state index in [1.807, 2.05) is 37.3 Å². The number of anilines is 1. The van der Waals surface area contributed by atoms with Gasteiger partial charge in [-0.2, -0.15) is 0 Å². The van der Waals surface area contributed by atoms with Crippen LogP contribution in [-0.4, -0.2) is 44.8 Å². The maximum absolute atomic E-state index is 12.5. The summed E-state index contributed by atoms with van der Waals surface area (Å²) < 4.78 is 1.61. The van der Waals surface area contributed by atoms with E-state index in [0.29, 0.717) is 25.3 Å². The molecule has 2 heterocycles. The zero-order chi connectivity index (χ0) is 16.4. The molecule has 2 amide bonds. The van der Waals surface area contributed by atoms with Crippen molar-refractivity contribution in [1.29, 1.82) is 0 Å². The number of hydrogen-bond donors (Lipinski definition) is 1. The van der Waals surface area contributed by atoms with Crippen molar-refractivity contribution in [2.24, 2.45) is 5.41 Å². The number of hydrogen-bond acceptors (Lipinski definition) is 4. The summed E-state index contributed by atoms with van der Waals surface area (Å²) in [6.07, 6.45) is 2.32. The molecule has 1 unspecified atom stereocenters. The SMILES string of the molecule is CC(=O)N1CCC(C)(C(=O)Nc2cn(-c3ccccc3)nn2)C1. The van der Waals surface area contributed by atoms with Gasteiger partial charge >= 0.3 is 0 Å². The van der Waals surface area contributed by atoms with Crippen LogP contribution in [0.25, 0.3) is 5.69 Å². The van der Waals surface area contributed by atoms with Crippen molar-refractivity contribution in [2.75, 3.05) is 18.4 Å². The van der Waals surface area contributed by atoms with Crippen LogP contribution in [0.1, 0.15) is 20.3 Å². The molecule has 0 radical (unpaired) electrons. The Morgan fingerprint density at radius 2 is 2.00 bits per heavy atom. The Kier molecular flexibility index (Phi) is 3.85. The first-order valence-corrected chi connectivity index (χ1v) is 7.53. The average Bonchev–Trinajstić information content (AvgIpc) is 3.16. The number of nitrogens with one attached hydrogen (secondary N) is 1. The second-order valence-electron chi connectivity index (χ2n) is 6.09. The molecule has 7 heteroatoms. The second kappa shape index (κ2) is 5.83.